The monoisotopic (exact) mass is 430 g/mol. The minimum absolute atomic E-state index is 0.851. The molecule has 0 saturated heterocycles. The second-order valence-corrected chi connectivity index (χ2v) is 13.0. The summed E-state index contributed by atoms with van der Waals surface area (Å²) in [7, 11) is 5.14. The van der Waals surface area contributed by atoms with Gasteiger partial charge in [-0.3, -0.25) is 0 Å². The van der Waals surface area contributed by atoms with Gasteiger partial charge in [0, 0.05) is 54.7 Å². The predicted molar refractivity (Wildman–Crippen MR) is 115 cm³/mol. The van der Waals surface area contributed by atoms with Gasteiger partial charge in [-0.2, -0.15) is 0 Å². The molecule has 0 N–H and O–H groups in total. The summed E-state index contributed by atoms with van der Waals surface area (Å²) in [6.45, 7) is 0. The lowest BCUT2D eigenvalue weighted by atomic mass is 10.0. The predicted octanol–water partition coefficient (Wildman–Crippen LogP) is 4.09. The molecule has 0 saturated carbocycles. The summed E-state index contributed by atoms with van der Waals surface area (Å²) in [5, 5.41) is 0. The van der Waals surface area contributed by atoms with E-state index in [-0.39, 0.29) is 0 Å². The van der Waals surface area contributed by atoms with Gasteiger partial charge in [0.2, 0.25) is 0 Å². The van der Waals surface area contributed by atoms with Crippen molar-refractivity contribution >= 4 is 17.6 Å². The molecule has 28 heavy (non-hydrogen) atoms. The Balaban J connectivity index is 2.32. The first kappa shape index (κ1) is 25.5. The number of hydrogen-bond acceptors (Lipinski definition) is 6. The summed E-state index contributed by atoms with van der Waals surface area (Å²) >= 11 is 0. The van der Waals surface area contributed by atoms with Crippen LogP contribution in [-0.2, 0) is 39.4 Å². The average Bonchev–Trinajstić information content (AvgIpc) is 2.76. The molecule has 0 atom stereocenters. The molecular formula is C20H38O6Si2. The molecule has 0 fully saturated rings. The highest BCUT2D eigenvalue weighted by atomic mass is 28.4. The normalized spacial score (nSPS) is 12.5. The largest absolute Gasteiger partial charge is 0.500 e. The first-order chi connectivity index (χ1) is 13.5. The van der Waals surface area contributed by atoms with E-state index < -0.39 is 17.6 Å². The van der Waals surface area contributed by atoms with Crippen LogP contribution >= 0.6 is 0 Å². The Morgan fingerprint density at radius 3 is 1.04 bits per heavy atom. The zero-order chi connectivity index (χ0) is 20.9. The van der Waals surface area contributed by atoms with E-state index in [4.69, 9.17) is 26.6 Å². The Hall–Kier alpha value is -0.586. The standard InChI is InChI=1S/C20H38O6Si2/c1-21-27(22-2,23-3)17-9-7-11-19-13-15-20(16-14-19)12-8-10-18-28(24-4,25-5)26-6/h13-16H,7-12,17-18H2,1-6H3. The molecule has 0 aliphatic carbocycles. The van der Waals surface area contributed by atoms with Crippen LogP contribution in [0.2, 0.25) is 12.1 Å². The van der Waals surface area contributed by atoms with Gasteiger partial charge in [0.25, 0.3) is 0 Å². The van der Waals surface area contributed by atoms with Gasteiger partial charge in [0.15, 0.2) is 0 Å². The van der Waals surface area contributed by atoms with E-state index in [0.29, 0.717) is 0 Å². The lowest BCUT2D eigenvalue weighted by Gasteiger charge is -2.24. The molecule has 8 heteroatoms. The summed E-state index contributed by atoms with van der Waals surface area (Å²) in [5.74, 6) is 0. The molecule has 1 aromatic rings. The highest BCUT2D eigenvalue weighted by Gasteiger charge is 2.37. The molecule has 1 rings (SSSR count). The molecule has 0 amide bonds. The van der Waals surface area contributed by atoms with Crippen molar-refractivity contribution in [1.82, 2.24) is 0 Å². The van der Waals surface area contributed by atoms with Gasteiger partial charge >= 0.3 is 17.6 Å². The van der Waals surface area contributed by atoms with Crippen molar-refractivity contribution in [3.8, 4) is 0 Å². The van der Waals surface area contributed by atoms with Crippen LogP contribution in [0.1, 0.15) is 36.8 Å². The van der Waals surface area contributed by atoms with E-state index in [1.54, 1.807) is 42.7 Å². The third kappa shape index (κ3) is 8.04. The lowest BCUT2D eigenvalue weighted by molar-refractivity contribution is 0.122. The fraction of sp³-hybridized carbons (Fsp3) is 0.700. The van der Waals surface area contributed by atoms with E-state index in [0.717, 1.165) is 50.6 Å². The Morgan fingerprint density at radius 2 is 0.786 bits per heavy atom. The van der Waals surface area contributed by atoms with E-state index in [1.165, 1.54) is 11.1 Å². The number of rotatable bonds is 16. The molecule has 162 valence electrons. The number of benzene rings is 1. The molecule has 0 spiro atoms. The van der Waals surface area contributed by atoms with Crippen molar-refractivity contribution < 1.29 is 26.6 Å². The highest BCUT2D eigenvalue weighted by molar-refractivity contribution is 6.60. The maximum atomic E-state index is 5.47. The molecule has 0 aromatic heterocycles. The van der Waals surface area contributed by atoms with Gasteiger partial charge in [0.05, 0.1) is 0 Å². The van der Waals surface area contributed by atoms with E-state index >= 15 is 0 Å². The Morgan fingerprint density at radius 1 is 0.500 bits per heavy atom. The smallest absolute Gasteiger partial charge is 0.377 e. The minimum Gasteiger partial charge on any atom is -0.377 e. The second kappa shape index (κ2) is 13.6. The first-order valence-corrected chi connectivity index (χ1v) is 13.8. The molecule has 0 radical (unpaired) electrons. The Bertz CT molecular complexity index is 454. The molecule has 0 unspecified atom stereocenters. The van der Waals surface area contributed by atoms with E-state index in [1.807, 2.05) is 0 Å². The van der Waals surface area contributed by atoms with Gasteiger partial charge in [-0.05, 0) is 49.7 Å². The van der Waals surface area contributed by atoms with Crippen LogP contribution in [-0.4, -0.2) is 60.3 Å². The number of hydrogen-bond donors (Lipinski definition) is 0. The molecule has 0 aliphatic heterocycles. The van der Waals surface area contributed by atoms with Gasteiger partial charge in [-0.15, -0.1) is 0 Å². The fourth-order valence-corrected chi connectivity index (χ4v) is 6.92. The number of unbranched alkanes of at least 4 members (excludes halogenated alkanes) is 2. The highest BCUT2D eigenvalue weighted by Crippen LogP contribution is 2.19. The average molecular weight is 431 g/mol. The van der Waals surface area contributed by atoms with Crippen molar-refractivity contribution in [3.05, 3.63) is 35.4 Å². The van der Waals surface area contributed by atoms with Crippen LogP contribution in [0.3, 0.4) is 0 Å². The topological polar surface area (TPSA) is 55.4 Å². The summed E-state index contributed by atoms with van der Waals surface area (Å²) < 4.78 is 32.8. The van der Waals surface area contributed by atoms with Crippen molar-refractivity contribution in [1.29, 1.82) is 0 Å². The summed E-state index contributed by atoms with van der Waals surface area (Å²) in [4.78, 5) is 0. The number of aryl methyl sites for hydroxylation is 2. The van der Waals surface area contributed by atoms with Crippen LogP contribution in [0.4, 0.5) is 0 Å². The SMILES string of the molecule is CO[Si](CCCCc1ccc(CCCC[Si](OC)(OC)OC)cc1)(OC)OC. The third-order valence-corrected chi connectivity index (χ3v) is 10.9. The van der Waals surface area contributed by atoms with E-state index in [9.17, 15) is 0 Å². The second-order valence-electron chi connectivity index (χ2n) is 6.82. The first-order valence-electron chi connectivity index (χ1n) is 9.91. The summed E-state index contributed by atoms with van der Waals surface area (Å²) in [6, 6.07) is 10.7. The van der Waals surface area contributed by atoms with Crippen molar-refractivity contribution in [2.45, 2.75) is 50.6 Å². The molecule has 1 aromatic carbocycles. The molecule has 0 bridgehead atoms. The zero-order valence-corrected chi connectivity index (χ0v) is 20.4. The van der Waals surface area contributed by atoms with Gasteiger partial charge in [-0.25, -0.2) is 0 Å². The lowest BCUT2D eigenvalue weighted by Crippen LogP contribution is -2.42. The summed E-state index contributed by atoms with van der Waals surface area (Å²) in [6.07, 6.45) is 6.39. The third-order valence-electron chi connectivity index (χ3n) is 5.29. The van der Waals surface area contributed by atoms with Crippen LogP contribution in [0.25, 0.3) is 0 Å². The Labute approximate surface area is 173 Å². The molecule has 0 heterocycles. The van der Waals surface area contributed by atoms with Crippen LogP contribution in [0.15, 0.2) is 24.3 Å². The quantitative estimate of drug-likeness (QED) is 0.291. The van der Waals surface area contributed by atoms with Gasteiger partial charge in [0.1, 0.15) is 0 Å². The van der Waals surface area contributed by atoms with E-state index in [2.05, 4.69) is 24.3 Å². The van der Waals surface area contributed by atoms with Gasteiger partial charge in [-0.1, -0.05) is 24.3 Å². The van der Waals surface area contributed by atoms with Crippen LogP contribution in [0.5, 0.6) is 0 Å². The van der Waals surface area contributed by atoms with Crippen molar-refractivity contribution in [3.63, 3.8) is 0 Å². The van der Waals surface area contributed by atoms with Crippen LogP contribution < -0.4 is 0 Å². The molecular weight excluding hydrogens is 392 g/mol. The zero-order valence-electron chi connectivity index (χ0n) is 18.4. The minimum atomic E-state index is -2.43. The molecule has 0 aliphatic rings. The Kier molecular flexibility index (Phi) is 12.4. The van der Waals surface area contributed by atoms with Crippen molar-refractivity contribution in [2.75, 3.05) is 42.7 Å². The maximum Gasteiger partial charge on any atom is 0.500 e. The van der Waals surface area contributed by atoms with Crippen molar-refractivity contribution in [2.24, 2.45) is 0 Å². The summed E-state index contributed by atoms with van der Waals surface area (Å²) in [5.41, 5.74) is 2.74. The fourth-order valence-electron chi connectivity index (χ4n) is 3.33. The van der Waals surface area contributed by atoms with Gasteiger partial charge < -0.3 is 26.6 Å². The molecule has 6 nitrogen and oxygen atoms in total. The maximum absolute atomic E-state index is 5.47. The van der Waals surface area contributed by atoms with Crippen LogP contribution in [0, 0.1) is 0 Å².